The zero-order chi connectivity index (χ0) is 12.4. The number of thiophene rings is 1. The quantitative estimate of drug-likeness (QED) is 0.777. The number of hydrogen-bond donors (Lipinski definition) is 0. The molecule has 0 unspecified atom stereocenters. The first-order chi connectivity index (χ1) is 8.83. The molecule has 0 radical (unpaired) electrons. The van der Waals surface area contributed by atoms with Gasteiger partial charge in [0.2, 0.25) is 5.91 Å². The van der Waals surface area contributed by atoms with Crippen LogP contribution in [0.1, 0.15) is 16.2 Å². The number of furan rings is 1. The van der Waals surface area contributed by atoms with Gasteiger partial charge in [-0.3, -0.25) is 4.79 Å². The van der Waals surface area contributed by atoms with E-state index in [0.717, 1.165) is 19.5 Å². The molecule has 0 bridgehead atoms. The highest BCUT2D eigenvalue weighted by atomic mass is 32.1. The van der Waals surface area contributed by atoms with Crippen LogP contribution in [0.2, 0.25) is 0 Å². The molecular formula is C14H13NO2S. The number of nitrogens with zero attached hydrogens (tertiary/aromatic N) is 1. The number of carbonyl (C=O) groups excluding carboxylic acids is 1. The maximum atomic E-state index is 12.0. The van der Waals surface area contributed by atoms with E-state index in [1.165, 1.54) is 10.4 Å². The standard InChI is InChI=1S/C14H13NO2S/c16-14(4-3-12-2-1-8-17-12)15-7-5-13-11(10-15)6-9-18-13/h1-4,6,8-9H,5,7,10H2. The van der Waals surface area contributed by atoms with Crippen LogP contribution in [0, 0.1) is 0 Å². The molecule has 92 valence electrons. The summed E-state index contributed by atoms with van der Waals surface area (Å²) in [6, 6.07) is 5.75. The van der Waals surface area contributed by atoms with Gasteiger partial charge in [0, 0.05) is 24.0 Å². The average molecular weight is 259 g/mol. The largest absolute Gasteiger partial charge is 0.465 e. The lowest BCUT2D eigenvalue weighted by atomic mass is 10.1. The minimum Gasteiger partial charge on any atom is -0.465 e. The third-order valence-corrected chi connectivity index (χ3v) is 4.08. The fraction of sp³-hybridized carbons (Fsp3) is 0.214. The third-order valence-electron chi connectivity index (χ3n) is 3.05. The van der Waals surface area contributed by atoms with Crippen LogP contribution in [0.4, 0.5) is 0 Å². The van der Waals surface area contributed by atoms with Crippen LogP contribution in [0.5, 0.6) is 0 Å². The molecule has 1 aliphatic rings. The highest BCUT2D eigenvalue weighted by molar-refractivity contribution is 7.10. The van der Waals surface area contributed by atoms with Gasteiger partial charge in [-0.2, -0.15) is 0 Å². The van der Waals surface area contributed by atoms with E-state index < -0.39 is 0 Å². The second kappa shape index (κ2) is 4.82. The molecule has 4 heteroatoms. The van der Waals surface area contributed by atoms with Gasteiger partial charge in [-0.25, -0.2) is 0 Å². The van der Waals surface area contributed by atoms with Crippen LogP contribution >= 0.6 is 11.3 Å². The second-order valence-electron chi connectivity index (χ2n) is 4.23. The van der Waals surface area contributed by atoms with Crippen LogP contribution in [0.3, 0.4) is 0 Å². The Bertz CT molecular complexity index is 568. The molecule has 0 spiro atoms. The van der Waals surface area contributed by atoms with Gasteiger partial charge < -0.3 is 9.32 Å². The Morgan fingerprint density at radius 3 is 3.22 bits per heavy atom. The molecule has 0 aromatic carbocycles. The molecule has 1 aliphatic heterocycles. The third kappa shape index (κ3) is 2.24. The molecule has 0 fully saturated rings. The molecule has 0 N–H and O–H groups in total. The summed E-state index contributed by atoms with van der Waals surface area (Å²) >= 11 is 1.78. The lowest BCUT2D eigenvalue weighted by molar-refractivity contribution is -0.126. The SMILES string of the molecule is O=C(C=Cc1ccco1)N1CCc2sccc2C1. The van der Waals surface area contributed by atoms with Gasteiger partial charge in [0.1, 0.15) is 5.76 Å². The van der Waals surface area contributed by atoms with Crippen LogP contribution in [-0.2, 0) is 17.8 Å². The van der Waals surface area contributed by atoms with E-state index in [2.05, 4.69) is 11.4 Å². The maximum Gasteiger partial charge on any atom is 0.247 e. The molecule has 0 saturated heterocycles. The molecule has 3 heterocycles. The highest BCUT2D eigenvalue weighted by Crippen LogP contribution is 2.24. The van der Waals surface area contributed by atoms with Gasteiger partial charge in [-0.15, -0.1) is 11.3 Å². The minimum absolute atomic E-state index is 0.0447. The van der Waals surface area contributed by atoms with Gasteiger partial charge in [0.15, 0.2) is 0 Å². The van der Waals surface area contributed by atoms with E-state index in [9.17, 15) is 4.79 Å². The average Bonchev–Trinajstić information content (AvgIpc) is 3.05. The minimum atomic E-state index is 0.0447. The zero-order valence-electron chi connectivity index (χ0n) is 9.83. The van der Waals surface area contributed by atoms with Crippen LogP contribution < -0.4 is 0 Å². The van der Waals surface area contributed by atoms with Gasteiger partial charge in [0.05, 0.1) is 6.26 Å². The monoisotopic (exact) mass is 259 g/mol. The zero-order valence-corrected chi connectivity index (χ0v) is 10.7. The predicted octanol–water partition coefficient (Wildman–Crippen LogP) is 2.94. The summed E-state index contributed by atoms with van der Waals surface area (Å²) in [5.41, 5.74) is 1.28. The molecule has 3 nitrogen and oxygen atoms in total. The Morgan fingerprint density at radius 2 is 2.39 bits per heavy atom. The molecule has 2 aromatic heterocycles. The van der Waals surface area contributed by atoms with Crippen LogP contribution in [-0.4, -0.2) is 17.4 Å². The molecule has 0 saturated carbocycles. The van der Waals surface area contributed by atoms with Gasteiger partial charge in [-0.05, 0) is 41.6 Å². The first-order valence-corrected chi connectivity index (χ1v) is 6.76. The van der Waals surface area contributed by atoms with Crippen molar-refractivity contribution in [3.8, 4) is 0 Å². The fourth-order valence-electron chi connectivity index (χ4n) is 2.08. The van der Waals surface area contributed by atoms with Crippen molar-refractivity contribution in [2.45, 2.75) is 13.0 Å². The van der Waals surface area contributed by atoms with Crippen molar-refractivity contribution in [3.63, 3.8) is 0 Å². The number of rotatable bonds is 2. The van der Waals surface area contributed by atoms with Crippen molar-refractivity contribution in [2.75, 3.05) is 6.54 Å². The van der Waals surface area contributed by atoms with E-state index in [-0.39, 0.29) is 5.91 Å². The van der Waals surface area contributed by atoms with Crippen molar-refractivity contribution in [1.29, 1.82) is 0 Å². The summed E-state index contributed by atoms with van der Waals surface area (Å²) in [7, 11) is 0. The summed E-state index contributed by atoms with van der Waals surface area (Å²) in [6.45, 7) is 1.52. The van der Waals surface area contributed by atoms with Crippen LogP contribution in [0.15, 0.2) is 40.3 Å². The topological polar surface area (TPSA) is 33.5 Å². The number of hydrogen-bond acceptors (Lipinski definition) is 3. The molecule has 0 aliphatic carbocycles. The maximum absolute atomic E-state index is 12.0. The van der Waals surface area contributed by atoms with Gasteiger partial charge in [0.25, 0.3) is 0 Å². The Morgan fingerprint density at radius 1 is 1.44 bits per heavy atom. The van der Waals surface area contributed by atoms with E-state index in [1.807, 2.05) is 17.0 Å². The molecular weight excluding hydrogens is 246 g/mol. The summed E-state index contributed by atoms with van der Waals surface area (Å²) in [4.78, 5) is 15.3. The van der Waals surface area contributed by atoms with E-state index in [1.54, 1.807) is 29.8 Å². The van der Waals surface area contributed by atoms with Crippen molar-refractivity contribution in [1.82, 2.24) is 4.90 Å². The van der Waals surface area contributed by atoms with Gasteiger partial charge >= 0.3 is 0 Å². The van der Waals surface area contributed by atoms with E-state index >= 15 is 0 Å². The Labute approximate surface area is 109 Å². The summed E-state index contributed by atoms with van der Waals surface area (Å²) in [6.07, 6.45) is 5.86. The molecule has 2 aromatic rings. The first-order valence-electron chi connectivity index (χ1n) is 5.88. The second-order valence-corrected chi connectivity index (χ2v) is 5.23. The van der Waals surface area contributed by atoms with E-state index in [0.29, 0.717) is 5.76 Å². The van der Waals surface area contributed by atoms with Crippen molar-refractivity contribution < 1.29 is 9.21 Å². The molecule has 3 rings (SSSR count). The highest BCUT2D eigenvalue weighted by Gasteiger charge is 2.19. The fourth-order valence-corrected chi connectivity index (χ4v) is 2.97. The predicted molar refractivity (Wildman–Crippen MR) is 71.2 cm³/mol. The molecule has 18 heavy (non-hydrogen) atoms. The number of carbonyl (C=O) groups is 1. The lowest BCUT2D eigenvalue weighted by Crippen LogP contribution is -2.34. The van der Waals surface area contributed by atoms with E-state index in [4.69, 9.17) is 4.42 Å². The Kier molecular flexibility index (Phi) is 3.02. The molecule has 0 atom stereocenters. The van der Waals surface area contributed by atoms with Crippen molar-refractivity contribution >= 4 is 23.3 Å². The van der Waals surface area contributed by atoms with Crippen molar-refractivity contribution in [2.24, 2.45) is 0 Å². The summed E-state index contributed by atoms with van der Waals surface area (Å²) < 4.78 is 5.16. The van der Waals surface area contributed by atoms with Gasteiger partial charge in [-0.1, -0.05) is 0 Å². The molecule has 1 amide bonds. The van der Waals surface area contributed by atoms with Crippen LogP contribution in [0.25, 0.3) is 6.08 Å². The lowest BCUT2D eigenvalue weighted by Gasteiger charge is -2.25. The Hall–Kier alpha value is -1.81. The summed E-state index contributed by atoms with van der Waals surface area (Å²) in [5, 5.41) is 2.09. The number of fused-ring (bicyclic) bond motifs is 1. The Balaban J connectivity index is 1.68. The van der Waals surface area contributed by atoms with Crippen molar-refractivity contribution in [3.05, 3.63) is 52.1 Å². The smallest absolute Gasteiger partial charge is 0.247 e. The summed E-state index contributed by atoms with van der Waals surface area (Å²) in [5.74, 6) is 0.750. The number of amides is 1. The normalized spacial score (nSPS) is 15.0. The first kappa shape index (κ1) is 11.3.